The van der Waals surface area contributed by atoms with Gasteiger partial charge in [-0.3, -0.25) is 4.79 Å². The Bertz CT molecular complexity index is 212. The number of rotatable bonds is 3. The van der Waals surface area contributed by atoms with Crippen LogP contribution in [0.2, 0.25) is 0 Å². The van der Waals surface area contributed by atoms with E-state index < -0.39 is 0 Å². The largest absolute Gasteiger partial charge is 0.372 e. The van der Waals surface area contributed by atoms with Crippen molar-refractivity contribution in [2.45, 2.75) is 45.4 Å². The Morgan fingerprint density at radius 1 is 1.44 bits per heavy atom. The maximum absolute atomic E-state index is 12.0. The van der Waals surface area contributed by atoms with E-state index in [1.807, 2.05) is 11.8 Å². The molecule has 0 radical (unpaired) electrons. The van der Waals surface area contributed by atoms with Gasteiger partial charge in [-0.05, 0) is 20.3 Å². The number of piperazine rings is 1. The lowest BCUT2D eigenvalue weighted by atomic mass is 10.1. The Labute approximate surface area is 104 Å². The van der Waals surface area contributed by atoms with Crippen molar-refractivity contribution in [1.82, 2.24) is 10.2 Å². The summed E-state index contributed by atoms with van der Waals surface area (Å²) in [6.45, 7) is 7.74. The zero-order valence-corrected chi connectivity index (χ0v) is 11.3. The van der Waals surface area contributed by atoms with Crippen LogP contribution in [0.15, 0.2) is 0 Å². The number of carbonyl (C=O) groups is 1. The Morgan fingerprint density at radius 3 is 2.31 bits per heavy atom. The van der Waals surface area contributed by atoms with E-state index in [9.17, 15) is 4.79 Å². The number of nitrogens with one attached hydrogen (secondary N) is 1. The first-order valence-corrected chi connectivity index (χ1v) is 5.66. The van der Waals surface area contributed by atoms with Gasteiger partial charge in [0.15, 0.2) is 0 Å². The minimum Gasteiger partial charge on any atom is -0.372 e. The predicted molar refractivity (Wildman–Crippen MR) is 67.0 cm³/mol. The molecule has 96 valence electrons. The summed E-state index contributed by atoms with van der Waals surface area (Å²) >= 11 is 0. The molecule has 0 aliphatic carbocycles. The molecule has 1 fully saturated rings. The quantitative estimate of drug-likeness (QED) is 0.814. The summed E-state index contributed by atoms with van der Waals surface area (Å²) in [5.41, 5.74) is 0. The Morgan fingerprint density at radius 2 is 1.94 bits per heavy atom. The summed E-state index contributed by atoms with van der Waals surface area (Å²) in [6, 6.07) is 0.735. The number of halogens is 1. The van der Waals surface area contributed by atoms with Crippen LogP contribution >= 0.6 is 12.4 Å². The van der Waals surface area contributed by atoms with Crippen LogP contribution in [0.5, 0.6) is 0 Å². The van der Waals surface area contributed by atoms with E-state index in [4.69, 9.17) is 4.74 Å². The smallest absolute Gasteiger partial charge is 0.251 e. The summed E-state index contributed by atoms with van der Waals surface area (Å²) in [6.07, 6.45) is 0.463. The van der Waals surface area contributed by atoms with Crippen LogP contribution in [0.3, 0.4) is 0 Å². The highest BCUT2D eigenvalue weighted by molar-refractivity contribution is 5.85. The molecule has 16 heavy (non-hydrogen) atoms. The van der Waals surface area contributed by atoms with Crippen molar-refractivity contribution in [3.63, 3.8) is 0 Å². The molecule has 0 aromatic rings. The molecule has 5 heteroatoms. The van der Waals surface area contributed by atoms with Gasteiger partial charge in [0.05, 0.1) is 0 Å². The molecule has 0 aromatic carbocycles. The summed E-state index contributed by atoms with van der Waals surface area (Å²) < 4.78 is 5.17. The van der Waals surface area contributed by atoms with Crippen molar-refractivity contribution < 1.29 is 9.53 Å². The van der Waals surface area contributed by atoms with Crippen LogP contribution in [0.4, 0.5) is 0 Å². The number of nitrogens with zero attached hydrogens (tertiary/aromatic N) is 1. The van der Waals surface area contributed by atoms with Crippen LogP contribution in [-0.2, 0) is 9.53 Å². The van der Waals surface area contributed by atoms with Crippen molar-refractivity contribution >= 4 is 18.3 Å². The van der Waals surface area contributed by atoms with Gasteiger partial charge in [-0.1, -0.05) is 6.92 Å². The van der Waals surface area contributed by atoms with Crippen LogP contribution in [-0.4, -0.2) is 49.2 Å². The van der Waals surface area contributed by atoms with Gasteiger partial charge in [-0.25, -0.2) is 0 Å². The van der Waals surface area contributed by atoms with Crippen LogP contribution in [0, 0.1) is 0 Å². The molecule has 4 nitrogen and oxygen atoms in total. The van der Waals surface area contributed by atoms with E-state index >= 15 is 0 Å². The topological polar surface area (TPSA) is 41.6 Å². The summed E-state index contributed by atoms with van der Waals surface area (Å²) in [4.78, 5) is 13.9. The number of carbonyl (C=O) groups excluding carboxylic acids is 1. The average Bonchev–Trinajstić information content (AvgIpc) is 2.18. The molecule has 1 rings (SSSR count). The number of methoxy groups -OCH3 is 1. The van der Waals surface area contributed by atoms with E-state index in [1.54, 1.807) is 7.11 Å². The molecular weight excluding hydrogens is 228 g/mol. The highest BCUT2D eigenvalue weighted by Crippen LogP contribution is 2.09. The third kappa shape index (κ3) is 3.92. The molecule has 1 heterocycles. The minimum atomic E-state index is -0.275. The average molecular weight is 251 g/mol. The third-order valence-corrected chi connectivity index (χ3v) is 2.80. The van der Waals surface area contributed by atoms with Crippen molar-refractivity contribution in [3.8, 4) is 0 Å². The van der Waals surface area contributed by atoms with Crippen molar-refractivity contribution in [2.24, 2.45) is 0 Å². The summed E-state index contributed by atoms with van der Waals surface area (Å²) in [5, 5.41) is 3.40. The summed E-state index contributed by atoms with van der Waals surface area (Å²) in [7, 11) is 1.60. The molecule has 1 aliphatic rings. The van der Waals surface area contributed by atoms with Gasteiger partial charge in [0.25, 0.3) is 5.91 Å². The highest BCUT2D eigenvalue weighted by atomic mass is 35.5. The van der Waals surface area contributed by atoms with E-state index in [1.165, 1.54) is 0 Å². The van der Waals surface area contributed by atoms with E-state index in [0.717, 1.165) is 19.5 Å². The fraction of sp³-hybridized carbons (Fsp3) is 0.909. The molecule has 0 spiro atoms. The second-order valence-corrected chi connectivity index (χ2v) is 4.34. The second-order valence-electron chi connectivity index (χ2n) is 4.34. The Kier molecular flexibility index (Phi) is 6.95. The van der Waals surface area contributed by atoms with Crippen molar-refractivity contribution in [2.75, 3.05) is 20.2 Å². The SMILES string of the molecule is CCC(OC)C(=O)N1CC(C)NC(C)C1.Cl. The van der Waals surface area contributed by atoms with Crippen LogP contribution in [0.25, 0.3) is 0 Å². The van der Waals surface area contributed by atoms with Gasteiger partial charge >= 0.3 is 0 Å². The zero-order chi connectivity index (χ0) is 11.4. The lowest BCUT2D eigenvalue weighted by molar-refractivity contribution is -0.143. The number of amides is 1. The highest BCUT2D eigenvalue weighted by Gasteiger charge is 2.28. The standard InChI is InChI=1S/C11H22N2O2.ClH/c1-5-10(15-4)11(14)13-6-8(2)12-9(3)7-13;/h8-10,12H,5-7H2,1-4H3;1H. The molecule has 1 amide bonds. The van der Waals surface area contributed by atoms with E-state index in [2.05, 4.69) is 19.2 Å². The first-order valence-electron chi connectivity index (χ1n) is 5.66. The Balaban J connectivity index is 0.00000225. The molecule has 1 N–H and O–H groups in total. The van der Waals surface area contributed by atoms with Crippen molar-refractivity contribution in [3.05, 3.63) is 0 Å². The normalized spacial score (nSPS) is 27.1. The van der Waals surface area contributed by atoms with E-state index in [0.29, 0.717) is 12.1 Å². The van der Waals surface area contributed by atoms with Gasteiger partial charge in [0.1, 0.15) is 6.10 Å². The number of ether oxygens (including phenoxy) is 1. The second kappa shape index (κ2) is 7.09. The summed E-state index contributed by atoms with van der Waals surface area (Å²) in [5.74, 6) is 0.125. The molecular formula is C11H23ClN2O2. The van der Waals surface area contributed by atoms with Gasteiger partial charge in [-0.2, -0.15) is 0 Å². The third-order valence-electron chi connectivity index (χ3n) is 2.80. The van der Waals surface area contributed by atoms with Gasteiger partial charge in [0, 0.05) is 32.3 Å². The minimum absolute atomic E-state index is 0. The molecule has 3 unspecified atom stereocenters. The fourth-order valence-corrected chi connectivity index (χ4v) is 2.15. The van der Waals surface area contributed by atoms with Crippen molar-refractivity contribution in [1.29, 1.82) is 0 Å². The van der Waals surface area contributed by atoms with E-state index in [-0.39, 0.29) is 24.4 Å². The predicted octanol–water partition coefficient (Wildman–Crippen LogP) is 1.04. The first kappa shape index (κ1) is 15.7. The monoisotopic (exact) mass is 250 g/mol. The fourth-order valence-electron chi connectivity index (χ4n) is 2.15. The molecule has 0 saturated carbocycles. The molecule has 3 atom stereocenters. The maximum atomic E-state index is 12.0. The molecule has 0 aromatic heterocycles. The van der Waals surface area contributed by atoms with Gasteiger partial charge < -0.3 is 15.0 Å². The lowest BCUT2D eigenvalue weighted by Crippen LogP contribution is -2.57. The zero-order valence-electron chi connectivity index (χ0n) is 10.5. The van der Waals surface area contributed by atoms with Gasteiger partial charge in [0.2, 0.25) is 0 Å². The number of hydrogen-bond donors (Lipinski definition) is 1. The van der Waals surface area contributed by atoms with Gasteiger partial charge in [-0.15, -0.1) is 12.4 Å². The Hall–Kier alpha value is -0.320. The maximum Gasteiger partial charge on any atom is 0.251 e. The van der Waals surface area contributed by atoms with Crippen LogP contribution in [0.1, 0.15) is 27.2 Å². The lowest BCUT2D eigenvalue weighted by Gasteiger charge is -2.37. The molecule has 0 bridgehead atoms. The first-order chi connectivity index (χ1) is 7.08. The molecule has 1 aliphatic heterocycles. The molecule has 1 saturated heterocycles. The van der Waals surface area contributed by atoms with Crippen LogP contribution < -0.4 is 5.32 Å². The number of hydrogen-bond acceptors (Lipinski definition) is 3.